The molecule has 3 aliphatic rings. The molecule has 120 valence electrons. The average molecular weight is 405 g/mol. The van der Waals surface area contributed by atoms with E-state index in [0.717, 1.165) is 4.22 Å². The second-order valence-corrected chi connectivity index (χ2v) is 12.5. The zero-order valence-corrected chi connectivity index (χ0v) is 17.9. The van der Waals surface area contributed by atoms with Crippen LogP contribution in [0.1, 0.15) is 33.4 Å². The molecular formula is C20H18Cl2SiTi. The molecule has 0 nitrogen and oxygen atoms in total. The second kappa shape index (κ2) is 6.30. The van der Waals surface area contributed by atoms with Crippen molar-refractivity contribution in [3.63, 3.8) is 0 Å². The van der Waals surface area contributed by atoms with Crippen LogP contribution >= 0.6 is 0 Å². The van der Waals surface area contributed by atoms with Crippen molar-refractivity contribution in [1.29, 1.82) is 0 Å². The van der Waals surface area contributed by atoms with E-state index in [9.17, 15) is 0 Å². The van der Waals surface area contributed by atoms with Crippen LogP contribution in [0.3, 0.4) is 0 Å². The van der Waals surface area contributed by atoms with Crippen molar-refractivity contribution >= 4 is 20.9 Å². The van der Waals surface area contributed by atoms with Gasteiger partial charge < -0.3 is 24.8 Å². The van der Waals surface area contributed by atoms with Gasteiger partial charge in [-0.3, -0.25) is 0 Å². The standard InChI is InChI=1S/C20H18Si.2ClH.Ti/c1-14-19-10-6-5-9-17(19)13-20(14)21(2)18-11-15-7-3-4-8-16(15)12-18;;;/h3-13,21H,1-2H3;2*1H;/q;;;+2/p-2. The van der Waals surface area contributed by atoms with Crippen LogP contribution < -0.4 is 24.8 Å². The third-order valence-electron chi connectivity index (χ3n) is 5.75. The van der Waals surface area contributed by atoms with Crippen LogP contribution in [0, 0.1) is 0 Å². The Morgan fingerprint density at radius 1 is 0.917 bits per heavy atom. The smallest absolute Gasteiger partial charge is 1.00 e. The molecule has 3 atom stereocenters. The van der Waals surface area contributed by atoms with E-state index in [4.69, 9.17) is 0 Å². The summed E-state index contributed by atoms with van der Waals surface area (Å²) in [6, 6.07) is 18.2. The summed E-state index contributed by atoms with van der Waals surface area (Å²) in [5.74, 6) is 0. The molecule has 24 heavy (non-hydrogen) atoms. The maximum absolute atomic E-state index is 2.56. The minimum atomic E-state index is -1.00. The molecule has 0 N–H and O–H groups in total. The van der Waals surface area contributed by atoms with Crippen LogP contribution in [0.15, 0.2) is 58.9 Å². The summed E-state index contributed by atoms with van der Waals surface area (Å²) in [5, 5.41) is 3.63. The first-order chi connectivity index (χ1) is 10.7. The Morgan fingerprint density at radius 2 is 1.58 bits per heavy atom. The Balaban J connectivity index is 0.000000845. The zero-order chi connectivity index (χ0) is 14.9. The van der Waals surface area contributed by atoms with Gasteiger partial charge in [-0.2, -0.15) is 0 Å². The minimum Gasteiger partial charge on any atom is -1.00 e. The molecule has 0 aromatic heterocycles. The summed E-state index contributed by atoms with van der Waals surface area (Å²) in [5.41, 5.74) is 6.24. The number of hydrogen-bond acceptors (Lipinski definition) is 0. The molecule has 1 fully saturated rings. The van der Waals surface area contributed by atoms with Crippen LogP contribution in [0.25, 0.3) is 12.2 Å². The first-order valence-corrected chi connectivity index (χ1v) is 12.1. The van der Waals surface area contributed by atoms with E-state index >= 15 is 0 Å². The van der Waals surface area contributed by atoms with Gasteiger partial charge in [0.25, 0.3) is 0 Å². The Bertz CT molecular complexity index is 873. The van der Waals surface area contributed by atoms with E-state index in [1.54, 1.807) is 11.1 Å². The third-order valence-corrected chi connectivity index (χ3v) is 13.1. The quantitative estimate of drug-likeness (QED) is 0.468. The van der Waals surface area contributed by atoms with Gasteiger partial charge in [-0.05, 0) is 0 Å². The normalized spacial score (nSPS) is 27.6. The van der Waals surface area contributed by atoms with Gasteiger partial charge in [-0.1, -0.05) is 0 Å². The third kappa shape index (κ3) is 2.30. The Labute approximate surface area is 166 Å². The van der Waals surface area contributed by atoms with E-state index in [-0.39, 0.29) is 44.0 Å². The summed E-state index contributed by atoms with van der Waals surface area (Å²) < 4.78 is 1.17. The predicted octanol–water partition coefficient (Wildman–Crippen LogP) is -1.52. The summed E-state index contributed by atoms with van der Waals surface area (Å²) in [6.45, 7) is 5.11. The van der Waals surface area contributed by atoms with Crippen LogP contribution in [-0.4, -0.2) is 8.80 Å². The van der Waals surface area contributed by atoms with Gasteiger partial charge in [-0.15, -0.1) is 0 Å². The number of rotatable bonds is 0. The molecular weight excluding hydrogens is 387 g/mol. The van der Waals surface area contributed by atoms with Gasteiger partial charge >= 0.3 is 143 Å². The number of allylic oxidation sites excluding steroid dienone is 2. The van der Waals surface area contributed by atoms with E-state index in [1.807, 2.05) is 10.4 Å². The van der Waals surface area contributed by atoms with Gasteiger partial charge in [0.2, 0.25) is 0 Å². The van der Waals surface area contributed by atoms with Gasteiger partial charge in [0.05, 0.1) is 0 Å². The predicted molar refractivity (Wildman–Crippen MR) is 91.9 cm³/mol. The molecule has 0 amide bonds. The number of fused-ring (bicyclic) bond motifs is 6. The van der Waals surface area contributed by atoms with E-state index < -0.39 is 8.80 Å². The van der Waals surface area contributed by atoms with Gasteiger partial charge in [0.1, 0.15) is 0 Å². The summed E-state index contributed by atoms with van der Waals surface area (Å²) in [4.78, 5) is 0. The van der Waals surface area contributed by atoms with Crippen molar-refractivity contribution < 1.29 is 44.0 Å². The van der Waals surface area contributed by atoms with Crippen LogP contribution in [-0.2, 0) is 22.9 Å². The number of halogens is 2. The summed E-state index contributed by atoms with van der Waals surface area (Å²) in [6.07, 6.45) is 5.10. The monoisotopic (exact) mass is 404 g/mol. The summed E-state index contributed by atoms with van der Waals surface area (Å²) >= 11 is -0.128. The van der Waals surface area contributed by atoms with Gasteiger partial charge in [0, 0.05) is 0 Å². The van der Waals surface area contributed by atoms with Crippen molar-refractivity contribution in [3.8, 4) is 0 Å². The fourth-order valence-corrected chi connectivity index (χ4v) is 13.3. The molecule has 4 heteroatoms. The molecule has 0 radical (unpaired) electrons. The van der Waals surface area contributed by atoms with Crippen molar-refractivity contribution in [3.05, 3.63) is 81.2 Å². The van der Waals surface area contributed by atoms with E-state index in [1.165, 1.54) is 11.1 Å². The maximum Gasteiger partial charge on any atom is -1.00 e. The second-order valence-electron chi connectivity index (χ2n) is 6.88. The largest absolute Gasteiger partial charge is 1.00 e. The molecule has 5 rings (SSSR count). The molecule has 1 saturated heterocycles. The molecule has 1 aliphatic heterocycles. The molecule has 0 bridgehead atoms. The Hall–Kier alpha value is -0.569. The molecule has 3 unspecified atom stereocenters. The Kier molecular flexibility index (Phi) is 4.79. The topological polar surface area (TPSA) is 0 Å². The van der Waals surface area contributed by atoms with Gasteiger partial charge in [0.15, 0.2) is 0 Å². The zero-order valence-electron chi connectivity index (χ0n) is 13.7. The van der Waals surface area contributed by atoms with Gasteiger partial charge in [-0.25, -0.2) is 0 Å². The van der Waals surface area contributed by atoms with Crippen molar-refractivity contribution in [2.24, 2.45) is 0 Å². The van der Waals surface area contributed by atoms with Crippen molar-refractivity contribution in [2.75, 3.05) is 0 Å². The first kappa shape index (κ1) is 18.2. The molecule has 1 heterocycles. The molecule has 2 aromatic carbocycles. The molecule has 0 saturated carbocycles. The fourth-order valence-electron chi connectivity index (χ4n) is 4.62. The molecule has 0 spiro atoms. The number of benzene rings is 2. The maximum atomic E-state index is 2.56. The molecule has 2 aliphatic carbocycles. The average Bonchev–Trinajstić information content (AvgIpc) is 3.04. The summed E-state index contributed by atoms with van der Waals surface area (Å²) in [7, 11) is -1.00. The van der Waals surface area contributed by atoms with Crippen LogP contribution in [0.5, 0.6) is 0 Å². The number of hydrogen-bond donors (Lipinski definition) is 0. The van der Waals surface area contributed by atoms with Crippen molar-refractivity contribution in [2.45, 2.75) is 21.4 Å². The fraction of sp³-hybridized carbons (Fsp3) is 0.200. The van der Waals surface area contributed by atoms with Crippen molar-refractivity contribution in [1.82, 2.24) is 0 Å². The van der Waals surface area contributed by atoms with Crippen LogP contribution in [0.2, 0.25) is 6.55 Å². The minimum absolute atomic E-state index is 0. The SMILES string of the molecule is C[SiH]1C2=Cc3ccccc3[CH]2[Ti+2][C]2(C)C1=Cc1ccccc12.[Cl-].[Cl-]. The van der Waals surface area contributed by atoms with E-state index in [0.29, 0.717) is 3.72 Å². The Morgan fingerprint density at radius 3 is 2.38 bits per heavy atom. The molecule has 2 aromatic rings. The van der Waals surface area contributed by atoms with Crippen LogP contribution in [0.4, 0.5) is 0 Å². The first-order valence-electron chi connectivity index (χ1n) is 8.08. The van der Waals surface area contributed by atoms with E-state index in [2.05, 4.69) is 74.2 Å².